The van der Waals surface area contributed by atoms with Gasteiger partial charge >= 0.3 is 0 Å². The van der Waals surface area contributed by atoms with E-state index in [0.717, 1.165) is 22.9 Å². The first-order chi connectivity index (χ1) is 12.5. The van der Waals surface area contributed by atoms with Crippen molar-refractivity contribution in [3.05, 3.63) is 58.1 Å². The lowest BCUT2D eigenvalue weighted by atomic mass is 10.1. The van der Waals surface area contributed by atoms with Gasteiger partial charge in [0.25, 0.3) is 0 Å². The van der Waals surface area contributed by atoms with Crippen LogP contribution in [0.1, 0.15) is 30.0 Å². The van der Waals surface area contributed by atoms with Gasteiger partial charge in [0.05, 0.1) is 11.9 Å². The second kappa shape index (κ2) is 8.31. The maximum absolute atomic E-state index is 12.9. The lowest BCUT2D eigenvalue weighted by Crippen LogP contribution is -2.47. The van der Waals surface area contributed by atoms with E-state index in [9.17, 15) is 13.2 Å². The SMILES string of the molecule is CCC(C(=O)Nc1ccc(Cl)cc1C)N(c1ccc(C)c(C)c1)S(C)(=O)=O. The third-order valence-corrected chi connectivity index (χ3v) is 5.94. The van der Waals surface area contributed by atoms with Crippen molar-refractivity contribution >= 4 is 38.9 Å². The van der Waals surface area contributed by atoms with Gasteiger partial charge in [-0.15, -0.1) is 0 Å². The molecule has 2 aromatic rings. The van der Waals surface area contributed by atoms with E-state index in [2.05, 4.69) is 5.32 Å². The minimum Gasteiger partial charge on any atom is -0.324 e. The summed E-state index contributed by atoms with van der Waals surface area (Å²) in [6, 6.07) is 9.66. The van der Waals surface area contributed by atoms with E-state index in [0.29, 0.717) is 22.8 Å². The Morgan fingerprint density at radius 1 is 1.07 bits per heavy atom. The number of benzene rings is 2. The molecule has 0 spiro atoms. The average molecular weight is 409 g/mol. The Morgan fingerprint density at radius 3 is 2.26 bits per heavy atom. The second-order valence-electron chi connectivity index (χ2n) is 6.70. The molecule has 0 aromatic heterocycles. The highest BCUT2D eigenvalue weighted by Crippen LogP contribution is 2.26. The van der Waals surface area contributed by atoms with Crippen molar-refractivity contribution in [2.75, 3.05) is 15.9 Å². The number of aryl methyl sites for hydroxylation is 3. The highest BCUT2D eigenvalue weighted by Gasteiger charge is 2.31. The molecule has 0 aliphatic rings. The molecule has 0 saturated heterocycles. The van der Waals surface area contributed by atoms with Crippen LogP contribution in [-0.2, 0) is 14.8 Å². The summed E-state index contributed by atoms with van der Waals surface area (Å²) in [5.74, 6) is -0.383. The minimum absolute atomic E-state index is 0.332. The van der Waals surface area contributed by atoms with Crippen LogP contribution in [0.5, 0.6) is 0 Å². The molecule has 2 aromatic carbocycles. The molecule has 27 heavy (non-hydrogen) atoms. The molecule has 146 valence electrons. The van der Waals surface area contributed by atoms with E-state index in [1.165, 1.54) is 4.31 Å². The Balaban J connectivity index is 2.42. The molecule has 0 heterocycles. The van der Waals surface area contributed by atoms with Crippen molar-refractivity contribution in [1.29, 1.82) is 0 Å². The van der Waals surface area contributed by atoms with Crippen LogP contribution < -0.4 is 9.62 Å². The van der Waals surface area contributed by atoms with Crippen LogP contribution >= 0.6 is 11.6 Å². The van der Waals surface area contributed by atoms with Crippen LogP contribution in [0.15, 0.2) is 36.4 Å². The Bertz CT molecular complexity index is 958. The van der Waals surface area contributed by atoms with Gasteiger partial charge in [0.2, 0.25) is 15.9 Å². The summed E-state index contributed by atoms with van der Waals surface area (Å²) < 4.78 is 26.2. The monoisotopic (exact) mass is 408 g/mol. The van der Waals surface area contributed by atoms with E-state index >= 15 is 0 Å². The molecule has 0 fully saturated rings. The number of nitrogens with one attached hydrogen (secondary N) is 1. The molecule has 0 aliphatic carbocycles. The highest BCUT2D eigenvalue weighted by molar-refractivity contribution is 7.92. The average Bonchev–Trinajstić information content (AvgIpc) is 2.56. The van der Waals surface area contributed by atoms with E-state index in [1.807, 2.05) is 26.8 Å². The number of rotatable bonds is 6. The quantitative estimate of drug-likeness (QED) is 0.767. The van der Waals surface area contributed by atoms with Crippen molar-refractivity contribution in [2.24, 2.45) is 0 Å². The number of hydrogen-bond donors (Lipinski definition) is 1. The van der Waals surface area contributed by atoms with Gasteiger partial charge in [-0.1, -0.05) is 24.6 Å². The van der Waals surface area contributed by atoms with Gasteiger partial charge in [-0.2, -0.15) is 0 Å². The molecular formula is C20H25ClN2O3S. The van der Waals surface area contributed by atoms with Crippen LogP contribution in [0.4, 0.5) is 11.4 Å². The van der Waals surface area contributed by atoms with E-state index in [-0.39, 0.29) is 5.91 Å². The van der Waals surface area contributed by atoms with E-state index in [4.69, 9.17) is 11.6 Å². The zero-order chi connectivity index (χ0) is 20.4. The number of carbonyl (C=O) groups is 1. The first-order valence-corrected chi connectivity index (χ1v) is 10.9. The second-order valence-corrected chi connectivity index (χ2v) is 9.00. The Morgan fingerprint density at radius 2 is 1.74 bits per heavy atom. The molecule has 5 nitrogen and oxygen atoms in total. The number of nitrogens with zero attached hydrogens (tertiary/aromatic N) is 1. The first kappa shape index (κ1) is 21.3. The fraction of sp³-hybridized carbons (Fsp3) is 0.350. The summed E-state index contributed by atoms with van der Waals surface area (Å²) in [7, 11) is -3.66. The molecule has 7 heteroatoms. The number of halogens is 1. The molecule has 1 amide bonds. The standard InChI is InChI=1S/C20H25ClN2O3S/c1-6-19(20(24)22-18-10-8-16(21)11-15(18)4)23(27(5,25)26)17-9-7-13(2)14(3)12-17/h7-12,19H,6H2,1-5H3,(H,22,24). The molecule has 0 bridgehead atoms. The summed E-state index contributed by atoms with van der Waals surface area (Å²) in [4.78, 5) is 12.9. The largest absolute Gasteiger partial charge is 0.324 e. The van der Waals surface area contributed by atoms with Crippen LogP contribution in [0, 0.1) is 20.8 Å². The zero-order valence-electron chi connectivity index (χ0n) is 16.2. The Labute approximate surface area is 166 Å². The van der Waals surface area contributed by atoms with Crippen LogP contribution in [-0.4, -0.2) is 26.6 Å². The smallest absolute Gasteiger partial charge is 0.248 e. The highest BCUT2D eigenvalue weighted by atomic mass is 35.5. The van der Waals surface area contributed by atoms with Gasteiger partial charge in [-0.3, -0.25) is 9.10 Å². The van der Waals surface area contributed by atoms with E-state index < -0.39 is 16.1 Å². The van der Waals surface area contributed by atoms with Crippen LogP contribution in [0.3, 0.4) is 0 Å². The predicted molar refractivity (Wildman–Crippen MR) is 112 cm³/mol. The maximum atomic E-state index is 12.9. The van der Waals surface area contributed by atoms with Crippen molar-refractivity contribution in [1.82, 2.24) is 0 Å². The first-order valence-electron chi connectivity index (χ1n) is 8.68. The Kier molecular flexibility index (Phi) is 6.54. The molecule has 0 radical (unpaired) electrons. The van der Waals surface area contributed by atoms with E-state index in [1.54, 1.807) is 37.3 Å². The van der Waals surface area contributed by atoms with Crippen LogP contribution in [0.25, 0.3) is 0 Å². The molecule has 0 saturated carbocycles. The molecule has 1 atom stereocenters. The Hall–Kier alpha value is -2.05. The molecule has 1 unspecified atom stereocenters. The summed E-state index contributed by atoms with van der Waals surface area (Å²) >= 11 is 5.96. The van der Waals surface area contributed by atoms with Gasteiger partial charge in [0, 0.05) is 10.7 Å². The van der Waals surface area contributed by atoms with Gasteiger partial charge in [0.1, 0.15) is 6.04 Å². The van der Waals surface area contributed by atoms with Crippen molar-refractivity contribution in [2.45, 2.75) is 40.2 Å². The summed E-state index contributed by atoms with van der Waals surface area (Å²) in [5, 5.41) is 3.41. The van der Waals surface area contributed by atoms with Crippen LogP contribution in [0.2, 0.25) is 5.02 Å². The fourth-order valence-corrected chi connectivity index (χ4v) is 4.34. The fourth-order valence-electron chi connectivity index (χ4n) is 2.91. The zero-order valence-corrected chi connectivity index (χ0v) is 17.8. The number of carbonyl (C=O) groups excluding carboxylic acids is 1. The van der Waals surface area contributed by atoms with Gasteiger partial charge in [-0.25, -0.2) is 8.42 Å². The number of amides is 1. The predicted octanol–water partition coefficient (Wildman–Crippen LogP) is 4.45. The summed E-state index contributed by atoms with van der Waals surface area (Å²) in [6.07, 6.45) is 1.45. The molecule has 1 N–H and O–H groups in total. The van der Waals surface area contributed by atoms with Crippen molar-refractivity contribution in [3.8, 4) is 0 Å². The third-order valence-electron chi connectivity index (χ3n) is 4.52. The number of sulfonamides is 1. The normalized spacial score (nSPS) is 12.5. The van der Waals surface area contributed by atoms with Gasteiger partial charge in [0.15, 0.2) is 0 Å². The lowest BCUT2D eigenvalue weighted by molar-refractivity contribution is -0.117. The lowest BCUT2D eigenvalue weighted by Gasteiger charge is -2.30. The topological polar surface area (TPSA) is 66.5 Å². The maximum Gasteiger partial charge on any atom is 0.248 e. The summed E-state index contributed by atoms with van der Waals surface area (Å²) in [6.45, 7) is 7.49. The molecule has 0 aliphatic heterocycles. The minimum atomic E-state index is -3.66. The van der Waals surface area contributed by atoms with Crippen molar-refractivity contribution < 1.29 is 13.2 Å². The number of anilines is 2. The van der Waals surface area contributed by atoms with Gasteiger partial charge in [-0.05, 0) is 74.2 Å². The molecular weight excluding hydrogens is 384 g/mol. The third kappa shape index (κ3) is 5.02. The summed E-state index contributed by atoms with van der Waals surface area (Å²) in [5.41, 5.74) is 3.92. The molecule has 2 rings (SSSR count). The van der Waals surface area contributed by atoms with Crippen molar-refractivity contribution in [3.63, 3.8) is 0 Å². The van der Waals surface area contributed by atoms with Gasteiger partial charge < -0.3 is 5.32 Å². The number of hydrogen-bond acceptors (Lipinski definition) is 3.